The molecule has 0 aliphatic heterocycles. The van der Waals surface area contributed by atoms with Gasteiger partial charge in [-0.1, -0.05) is 17.8 Å². The Morgan fingerprint density at radius 2 is 1.04 bits per heavy atom. The highest BCUT2D eigenvalue weighted by molar-refractivity contribution is 5.48. The van der Waals surface area contributed by atoms with Gasteiger partial charge in [0.25, 0.3) is 0 Å². The van der Waals surface area contributed by atoms with Crippen molar-refractivity contribution in [1.82, 2.24) is 0 Å². The van der Waals surface area contributed by atoms with Crippen molar-refractivity contribution in [3.63, 3.8) is 0 Å². The highest BCUT2D eigenvalue weighted by Gasteiger charge is 2.36. The molecule has 0 radical (unpaired) electrons. The molecule has 0 atom stereocenters. The van der Waals surface area contributed by atoms with Crippen LogP contribution in [-0.2, 0) is 12.4 Å². The summed E-state index contributed by atoms with van der Waals surface area (Å²) in [6, 6.07) is 7.42. The molecule has 2 aromatic rings. The predicted octanol–water partition coefficient (Wildman–Crippen LogP) is 5.11. The molecule has 0 aromatic heterocycles. The van der Waals surface area contributed by atoms with Crippen molar-refractivity contribution in [2.24, 2.45) is 0 Å². The summed E-state index contributed by atoms with van der Waals surface area (Å²) < 4.78 is 76.5. The lowest BCUT2D eigenvalue weighted by molar-refractivity contribution is -0.143. The van der Waals surface area contributed by atoms with E-state index in [2.05, 4.69) is 17.8 Å². The molecule has 0 aliphatic carbocycles. The lowest BCUT2D eigenvalue weighted by Gasteiger charge is -2.12. The first-order valence-electron chi connectivity index (χ1n) is 6.48. The summed E-state index contributed by atoms with van der Waals surface area (Å²) in [6.45, 7) is 0. The summed E-state index contributed by atoms with van der Waals surface area (Å²) in [7, 11) is 0. The predicted molar refractivity (Wildman–Crippen MR) is 76.8 cm³/mol. The molecule has 0 heterocycles. The minimum absolute atomic E-state index is 0.0624. The van der Waals surface area contributed by atoms with E-state index in [-0.39, 0.29) is 11.6 Å². The van der Waals surface area contributed by atoms with Gasteiger partial charge < -0.3 is 0 Å². The van der Waals surface area contributed by atoms with Gasteiger partial charge in [-0.15, -0.1) is 6.42 Å². The third kappa shape index (κ3) is 4.33. The monoisotopic (exact) mass is 338 g/mol. The first kappa shape index (κ1) is 17.5. The van der Waals surface area contributed by atoms with Crippen molar-refractivity contribution in [3.05, 3.63) is 70.3 Å². The van der Waals surface area contributed by atoms with Crippen molar-refractivity contribution in [3.8, 4) is 24.2 Å². The highest BCUT2D eigenvalue weighted by atomic mass is 19.4. The summed E-state index contributed by atoms with van der Waals surface area (Å²) in [5.41, 5.74) is -2.18. The molecule has 0 unspecified atom stereocenters. The fraction of sp³-hybridized carbons (Fsp3) is 0.111. The van der Waals surface area contributed by atoms with Crippen molar-refractivity contribution in [2.45, 2.75) is 12.4 Å². The molecular formula is C18H8F6. The summed E-state index contributed by atoms with van der Waals surface area (Å²) in [5, 5.41) is 0. The van der Waals surface area contributed by atoms with Crippen LogP contribution in [0.25, 0.3) is 0 Å². The fourth-order valence-corrected chi connectivity index (χ4v) is 1.82. The Kier molecular flexibility index (Phi) is 4.61. The van der Waals surface area contributed by atoms with E-state index in [1.165, 1.54) is 12.1 Å². The molecule has 0 amide bonds. The lowest BCUT2D eigenvalue weighted by atomic mass is 10.0. The number of benzene rings is 2. The molecule has 6 heteroatoms. The molecule has 0 N–H and O–H groups in total. The second-order valence-corrected chi connectivity index (χ2v) is 4.77. The number of hydrogen-bond donors (Lipinski definition) is 0. The molecular weight excluding hydrogens is 330 g/mol. The minimum atomic E-state index is -4.90. The van der Waals surface area contributed by atoms with Crippen LogP contribution in [0.3, 0.4) is 0 Å². The first-order valence-corrected chi connectivity index (χ1v) is 6.48. The summed E-state index contributed by atoms with van der Waals surface area (Å²) in [6.07, 6.45) is -4.61. The van der Waals surface area contributed by atoms with E-state index in [1.807, 2.05) is 0 Å². The van der Waals surface area contributed by atoms with Crippen LogP contribution in [0.5, 0.6) is 0 Å². The van der Waals surface area contributed by atoms with E-state index in [9.17, 15) is 26.3 Å². The minimum Gasteiger partial charge on any atom is -0.166 e. The zero-order valence-corrected chi connectivity index (χ0v) is 11.9. The maximum atomic E-state index is 12.7. The molecule has 0 nitrogen and oxygen atoms in total. The second-order valence-electron chi connectivity index (χ2n) is 4.77. The van der Waals surface area contributed by atoms with Crippen LogP contribution >= 0.6 is 0 Å². The Hall–Kier alpha value is -2.86. The average Bonchev–Trinajstić information content (AvgIpc) is 2.51. The summed E-state index contributed by atoms with van der Waals surface area (Å²) >= 11 is 0. The van der Waals surface area contributed by atoms with E-state index >= 15 is 0 Å². The maximum Gasteiger partial charge on any atom is 0.416 e. The summed E-state index contributed by atoms with van der Waals surface area (Å²) in [5.74, 6) is 7.22. The lowest BCUT2D eigenvalue weighted by Crippen LogP contribution is -2.11. The van der Waals surface area contributed by atoms with Gasteiger partial charge in [0.1, 0.15) is 0 Å². The number of hydrogen-bond acceptors (Lipinski definition) is 0. The largest absolute Gasteiger partial charge is 0.416 e. The van der Waals surface area contributed by atoms with Crippen molar-refractivity contribution in [2.75, 3.05) is 0 Å². The number of rotatable bonds is 0. The first-order chi connectivity index (χ1) is 11.1. The smallest absolute Gasteiger partial charge is 0.166 e. The van der Waals surface area contributed by atoms with E-state index in [0.717, 1.165) is 0 Å². The van der Waals surface area contributed by atoms with Crippen LogP contribution in [0.1, 0.15) is 27.8 Å². The molecule has 0 bridgehead atoms. The van der Waals surface area contributed by atoms with Crippen LogP contribution in [0.2, 0.25) is 0 Å². The SMILES string of the molecule is C#Cc1ccc(C#Cc2cc(C(F)(F)F)cc(C(F)(F)F)c2)cc1. The number of terminal acetylenes is 1. The Bertz CT molecular complexity index is 805. The second kappa shape index (κ2) is 6.33. The quantitative estimate of drug-likeness (QED) is 0.463. The van der Waals surface area contributed by atoms with Gasteiger partial charge in [0, 0.05) is 16.7 Å². The molecule has 0 fully saturated rings. The van der Waals surface area contributed by atoms with Crippen LogP contribution in [0, 0.1) is 24.2 Å². The van der Waals surface area contributed by atoms with Gasteiger partial charge in [0.15, 0.2) is 0 Å². The zero-order valence-electron chi connectivity index (χ0n) is 11.9. The van der Waals surface area contributed by atoms with Gasteiger partial charge in [-0.3, -0.25) is 0 Å². The van der Waals surface area contributed by atoms with Gasteiger partial charge in [0.2, 0.25) is 0 Å². The van der Waals surface area contributed by atoms with E-state index in [4.69, 9.17) is 6.42 Å². The Morgan fingerprint density at radius 1 is 0.625 bits per heavy atom. The van der Waals surface area contributed by atoms with Crippen LogP contribution < -0.4 is 0 Å². The van der Waals surface area contributed by atoms with Crippen LogP contribution in [0.4, 0.5) is 26.3 Å². The molecule has 0 saturated heterocycles. The molecule has 0 aliphatic rings. The summed E-state index contributed by atoms with van der Waals surface area (Å²) in [4.78, 5) is 0. The van der Waals surface area contributed by atoms with Gasteiger partial charge in [-0.25, -0.2) is 0 Å². The fourth-order valence-electron chi connectivity index (χ4n) is 1.82. The van der Waals surface area contributed by atoms with Gasteiger partial charge >= 0.3 is 12.4 Å². The van der Waals surface area contributed by atoms with Gasteiger partial charge in [0.05, 0.1) is 11.1 Å². The van der Waals surface area contributed by atoms with Crippen LogP contribution in [0.15, 0.2) is 42.5 Å². The highest BCUT2D eigenvalue weighted by Crippen LogP contribution is 2.36. The van der Waals surface area contributed by atoms with Crippen molar-refractivity contribution >= 4 is 0 Å². The average molecular weight is 338 g/mol. The Balaban J connectivity index is 2.46. The van der Waals surface area contributed by atoms with E-state index < -0.39 is 23.5 Å². The maximum absolute atomic E-state index is 12.7. The van der Waals surface area contributed by atoms with Gasteiger partial charge in [-0.05, 0) is 42.5 Å². The number of halogens is 6. The molecule has 2 aromatic carbocycles. The molecule has 2 rings (SSSR count). The molecule has 0 spiro atoms. The third-order valence-corrected chi connectivity index (χ3v) is 2.99. The third-order valence-electron chi connectivity index (χ3n) is 2.99. The molecule has 122 valence electrons. The van der Waals surface area contributed by atoms with Crippen LogP contribution in [-0.4, -0.2) is 0 Å². The normalized spacial score (nSPS) is 11.4. The Morgan fingerprint density at radius 3 is 1.46 bits per heavy atom. The van der Waals surface area contributed by atoms with E-state index in [0.29, 0.717) is 23.3 Å². The zero-order chi connectivity index (χ0) is 18.0. The standard InChI is InChI=1S/C18H8F6/c1-2-12-3-5-13(6-4-12)7-8-14-9-15(17(19,20)21)11-16(10-14)18(22,23)24/h1,3-6,9-11H. The molecule has 0 saturated carbocycles. The van der Waals surface area contributed by atoms with Gasteiger partial charge in [-0.2, -0.15) is 26.3 Å². The Labute approximate surface area is 134 Å². The van der Waals surface area contributed by atoms with E-state index in [1.54, 1.807) is 12.1 Å². The van der Waals surface area contributed by atoms with Crippen molar-refractivity contribution in [1.29, 1.82) is 0 Å². The molecule has 24 heavy (non-hydrogen) atoms. The van der Waals surface area contributed by atoms with Crippen molar-refractivity contribution < 1.29 is 26.3 Å². The number of alkyl halides is 6. The topological polar surface area (TPSA) is 0 Å².